The van der Waals surface area contributed by atoms with Crippen molar-refractivity contribution in [1.29, 1.82) is 0 Å². The van der Waals surface area contributed by atoms with Gasteiger partial charge in [-0.1, -0.05) is 27.2 Å². The molecule has 0 bridgehead atoms. The zero-order valence-corrected chi connectivity index (χ0v) is 10.5. The van der Waals surface area contributed by atoms with Gasteiger partial charge in [-0.3, -0.25) is 0 Å². The molecule has 0 aliphatic heterocycles. The molecule has 4 nitrogen and oxygen atoms in total. The molecule has 1 aromatic rings. The fourth-order valence-electron chi connectivity index (χ4n) is 2.92. The molecule has 90 valence electrons. The van der Waals surface area contributed by atoms with Crippen LogP contribution in [0.25, 0.3) is 0 Å². The fourth-order valence-corrected chi connectivity index (χ4v) is 2.92. The molecule has 4 heteroatoms. The number of likely N-dealkylation sites (N-methyl/N-ethyl adjacent to an activating group) is 1. The van der Waals surface area contributed by atoms with Gasteiger partial charge in [0.1, 0.15) is 12.7 Å². The number of nitrogens with zero attached hydrogens (tertiary/aromatic N) is 3. The molecule has 2 unspecified atom stereocenters. The van der Waals surface area contributed by atoms with E-state index in [2.05, 4.69) is 36.2 Å². The maximum atomic E-state index is 4.30. The first kappa shape index (κ1) is 11.6. The lowest BCUT2D eigenvalue weighted by molar-refractivity contribution is 0.107. The Morgan fingerprint density at radius 2 is 2.31 bits per heavy atom. The largest absolute Gasteiger partial charge is 0.312 e. The van der Waals surface area contributed by atoms with E-state index < -0.39 is 0 Å². The molecule has 1 N–H and O–H groups in total. The molecule has 1 heterocycles. The van der Waals surface area contributed by atoms with Gasteiger partial charge < -0.3 is 5.32 Å². The van der Waals surface area contributed by atoms with Crippen LogP contribution in [-0.4, -0.2) is 27.4 Å². The van der Waals surface area contributed by atoms with E-state index in [1.54, 1.807) is 6.33 Å². The molecule has 0 spiro atoms. The van der Waals surface area contributed by atoms with E-state index in [0.29, 0.717) is 17.5 Å². The molecule has 0 radical (unpaired) electrons. The van der Waals surface area contributed by atoms with Crippen molar-refractivity contribution < 1.29 is 0 Å². The summed E-state index contributed by atoms with van der Waals surface area (Å²) >= 11 is 0. The SMILES string of the molecule is CCNC1C(n2cncn2)CCCC1(C)C. The Balaban J connectivity index is 2.21. The summed E-state index contributed by atoms with van der Waals surface area (Å²) in [6.45, 7) is 7.88. The topological polar surface area (TPSA) is 42.7 Å². The summed E-state index contributed by atoms with van der Waals surface area (Å²) in [6, 6.07) is 0.944. The normalized spacial score (nSPS) is 29.2. The smallest absolute Gasteiger partial charge is 0.137 e. The van der Waals surface area contributed by atoms with E-state index in [-0.39, 0.29) is 0 Å². The summed E-state index contributed by atoms with van der Waals surface area (Å²) in [5.74, 6) is 0. The quantitative estimate of drug-likeness (QED) is 0.850. The molecule has 2 rings (SSSR count). The van der Waals surface area contributed by atoms with Crippen molar-refractivity contribution in [3.8, 4) is 0 Å². The van der Waals surface area contributed by atoms with Gasteiger partial charge >= 0.3 is 0 Å². The second kappa shape index (κ2) is 4.53. The zero-order valence-electron chi connectivity index (χ0n) is 10.5. The zero-order chi connectivity index (χ0) is 11.6. The average Bonchev–Trinajstić information content (AvgIpc) is 2.74. The maximum absolute atomic E-state index is 4.30. The number of rotatable bonds is 3. The molecular weight excluding hydrogens is 200 g/mol. The van der Waals surface area contributed by atoms with Gasteiger partial charge in [-0.2, -0.15) is 5.10 Å². The molecule has 0 saturated heterocycles. The second-order valence-corrected chi connectivity index (χ2v) is 5.36. The lowest BCUT2D eigenvalue weighted by atomic mass is 9.71. The van der Waals surface area contributed by atoms with E-state index in [0.717, 1.165) is 6.54 Å². The van der Waals surface area contributed by atoms with Gasteiger partial charge in [0.25, 0.3) is 0 Å². The first-order valence-corrected chi connectivity index (χ1v) is 6.22. The molecule has 1 saturated carbocycles. The van der Waals surface area contributed by atoms with E-state index in [9.17, 15) is 0 Å². The van der Waals surface area contributed by atoms with Crippen LogP contribution in [0.1, 0.15) is 46.1 Å². The minimum atomic E-state index is 0.338. The van der Waals surface area contributed by atoms with Gasteiger partial charge in [-0.25, -0.2) is 9.67 Å². The van der Waals surface area contributed by atoms with Crippen LogP contribution in [0, 0.1) is 5.41 Å². The summed E-state index contributed by atoms with van der Waals surface area (Å²) in [6.07, 6.45) is 7.24. The van der Waals surface area contributed by atoms with Crippen molar-refractivity contribution in [3.05, 3.63) is 12.7 Å². The highest BCUT2D eigenvalue weighted by atomic mass is 15.3. The van der Waals surface area contributed by atoms with Crippen LogP contribution in [0.15, 0.2) is 12.7 Å². The molecule has 1 aliphatic carbocycles. The lowest BCUT2D eigenvalue weighted by Gasteiger charge is -2.44. The number of nitrogens with one attached hydrogen (secondary N) is 1. The molecule has 16 heavy (non-hydrogen) atoms. The summed E-state index contributed by atoms with van der Waals surface area (Å²) in [5.41, 5.74) is 0.338. The number of hydrogen-bond donors (Lipinski definition) is 1. The van der Waals surface area contributed by atoms with Crippen molar-refractivity contribution in [3.63, 3.8) is 0 Å². The van der Waals surface area contributed by atoms with Gasteiger partial charge in [0, 0.05) is 6.04 Å². The Morgan fingerprint density at radius 3 is 2.94 bits per heavy atom. The Morgan fingerprint density at radius 1 is 1.50 bits per heavy atom. The molecule has 1 aromatic heterocycles. The van der Waals surface area contributed by atoms with Crippen molar-refractivity contribution >= 4 is 0 Å². The minimum Gasteiger partial charge on any atom is -0.312 e. The average molecular weight is 222 g/mol. The Hall–Kier alpha value is -0.900. The third-order valence-electron chi connectivity index (χ3n) is 3.75. The highest BCUT2D eigenvalue weighted by Crippen LogP contribution is 2.40. The van der Waals surface area contributed by atoms with E-state index in [4.69, 9.17) is 0 Å². The van der Waals surface area contributed by atoms with Crippen molar-refractivity contribution in [2.45, 2.75) is 52.1 Å². The molecular formula is C12H22N4. The first-order valence-electron chi connectivity index (χ1n) is 6.22. The Bertz CT molecular complexity index is 318. The van der Waals surface area contributed by atoms with E-state index in [1.165, 1.54) is 19.3 Å². The van der Waals surface area contributed by atoms with Gasteiger partial charge in [0.2, 0.25) is 0 Å². The fraction of sp³-hybridized carbons (Fsp3) is 0.833. The van der Waals surface area contributed by atoms with Crippen LogP contribution in [0.4, 0.5) is 0 Å². The number of aromatic nitrogens is 3. The van der Waals surface area contributed by atoms with Crippen LogP contribution in [0.3, 0.4) is 0 Å². The van der Waals surface area contributed by atoms with E-state index in [1.807, 2.05) is 11.0 Å². The summed E-state index contributed by atoms with van der Waals surface area (Å²) < 4.78 is 2.02. The van der Waals surface area contributed by atoms with Crippen LogP contribution in [-0.2, 0) is 0 Å². The van der Waals surface area contributed by atoms with Gasteiger partial charge in [-0.15, -0.1) is 0 Å². The van der Waals surface area contributed by atoms with Gasteiger partial charge in [-0.05, 0) is 24.8 Å². The second-order valence-electron chi connectivity index (χ2n) is 5.36. The molecule has 1 fully saturated rings. The molecule has 2 atom stereocenters. The predicted octanol–water partition coefficient (Wildman–Crippen LogP) is 2.01. The highest BCUT2D eigenvalue weighted by molar-refractivity contribution is 4.95. The third kappa shape index (κ3) is 2.12. The van der Waals surface area contributed by atoms with Crippen molar-refractivity contribution in [1.82, 2.24) is 20.1 Å². The third-order valence-corrected chi connectivity index (χ3v) is 3.75. The summed E-state index contributed by atoms with van der Waals surface area (Å²) in [5, 5.41) is 7.93. The standard InChI is InChI=1S/C12H22N4/c1-4-14-11-10(16-9-13-8-15-16)6-5-7-12(11,2)3/h8-11,14H,4-7H2,1-3H3. The monoisotopic (exact) mass is 222 g/mol. The maximum Gasteiger partial charge on any atom is 0.137 e. The highest BCUT2D eigenvalue weighted by Gasteiger charge is 2.39. The molecule has 1 aliphatic rings. The van der Waals surface area contributed by atoms with Crippen LogP contribution in [0.2, 0.25) is 0 Å². The minimum absolute atomic E-state index is 0.338. The Kier molecular flexibility index (Phi) is 3.28. The number of hydrogen-bond acceptors (Lipinski definition) is 3. The lowest BCUT2D eigenvalue weighted by Crippen LogP contribution is -2.50. The van der Waals surface area contributed by atoms with Crippen LogP contribution >= 0.6 is 0 Å². The predicted molar refractivity (Wildman–Crippen MR) is 64.2 cm³/mol. The summed E-state index contributed by atoms with van der Waals surface area (Å²) in [7, 11) is 0. The molecule has 0 aromatic carbocycles. The van der Waals surface area contributed by atoms with Crippen LogP contribution < -0.4 is 5.32 Å². The molecule has 0 amide bonds. The van der Waals surface area contributed by atoms with Crippen molar-refractivity contribution in [2.75, 3.05) is 6.54 Å². The first-order chi connectivity index (χ1) is 7.65. The summed E-state index contributed by atoms with van der Waals surface area (Å²) in [4.78, 5) is 4.06. The van der Waals surface area contributed by atoms with Crippen LogP contribution in [0.5, 0.6) is 0 Å². The van der Waals surface area contributed by atoms with Gasteiger partial charge in [0.15, 0.2) is 0 Å². The van der Waals surface area contributed by atoms with Crippen molar-refractivity contribution in [2.24, 2.45) is 5.41 Å². The van der Waals surface area contributed by atoms with E-state index >= 15 is 0 Å². The van der Waals surface area contributed by atoms with Gasteiger partial charge in [0.05, 0.1) is 6.04 Å². The Labute approximate surface area is 97.5 Å².